The normalized spacial score (nSPS) is 10.3. The highest BCUT2D eigenvalue weighted by atomic mass is 79.9. The zero-order chi connectivity index (χ0) is 17.5. The first-order valence-electron chi connectivity index (χ1n) is 7.67. The lowest BCUT2D eigenvalue weighted by molar-refractivity contribution is -0.121. The second-order valence-corrected chi connectivity index (χ2v) is 6.35. The molecule has 0 bridgehead atoms. The molecule has 0 aliphatic carbocycles. The number of carbonyl (C=O) groups is 2. The molecule has 6 heteroatoms. The van der Waals surface area contributed by atoms with Crippen molar-refractivity contribution in [1.82, 2.24) is 10.3 Å². The molecule has 0 aliphatic heterocycles. The van der Waals surface area contributed by atoms with Gasteiger partial charge in [-0.2, -0.15) is 0 Å². The number of nitrogens with zero attached hydrogens (tertiary/aromatic N) is 2. The van der Waals surface area contributed by atoms with Crippen LogP contribution in [0.2, 0.25) is 0 Å². The maximum absolute atomic E-state index is 12.0. The standard InChI is InChI=1S/C18H20BrN3O2/c1-13-5-6-16(10-17(13)19)22(14(2)23)9-7-18(24)21-12-15-4-3-8-20-11-15/h3-6,8,10-11H,7,9,12H2,1-2H3,(H,21,24). The minimum Gasteiger partial charge on any atom is -0.352 e. The number of aryl methyl sites for hydroxylation is 1. The Kier molecular flexibility index (Phi) is 6.49. The lowest BCUT2D eigenvalue weighted by Gasteiger charge is -2.21. The average Bonchev–Trinajstić information content (AvgIpc) is 2.57. The molecule has 0 saturated carbocycles. The number of nitrogens with one attached hydrogen (secondary N) is 1. The van der Waals surface area contributed by atoms with Crippen LogP contribution < -0.4 is 10.2 Å². The van der Waals surface area contributed by atoms with Gasteiger partial charge in [0.05, 0.1) is 0 Å². The SMILES string of the molecule is CC(=O)N(CCC(=O)NCc1cccnc1)c1ccc(C)c(Br)c1. The molecular weight excluding hydrogens is 370 g/mol. The smallest absolute Gasteiger partial charge is 0.223 e. The first-order chi connectivity index (χ1) is 11.5. The zero-order valence-corrected chi connectivity index (χ0v) is 15.3. The molecule has 1 aromatic carbocycles. The van der Waals surface area contributed by atoms with Gasteiger partial charge in [-0.05, 0) is 36.2 Å². The second kappa shape index (κ2) is 8.59. The van der Waals surface area contributed by atoms with Crippen LogP contribution in [0.1, 0.15) is 24.5 Å². The van der Waals surface area contributed by atoms with Crippen LogP contribution in [0.25, 0.3) is 0 Å². The van der Waals surface area contributed by atoms with E-state index in [4.69, 9.17) is 0 Å². The fourth-order valence-corrected chi connectivity index (χ4v) is 2.59. The van der Waals surface area contributed by atoms with Crippen LogP contribution in [-0.2, 0) is 16.1 Å². The summed E-state index contributed by atoms with van der Waals surface area (Å²) in [7, 11) is 0. The van der Waals surface area contributed by atoms with Crippen molar-refractivity contribution in [3.8, 4) is 0 Å². The van der Waals surface area contributed by atoms with Gasteiger partial charge in [0.2, 0.25) is 11.8 Å². The molecule has 0 aliphatic rings. The summed E-state index contributed by atoms with van der Waals surface area (Å²) >= 11 is 3.47. The van der Waals surface area contributed by atoms with Gasteiger partial charge in [0, 0.05) is 49.0 Å². The van der Waals surface area contributed by atoms with E-state index < -0.39 is 0 Å². The Balaban J connectivity index is 1.92. The van der Waals surface area contributed by atoms with Crippen molar-refractivity contribution in [3.63, 3.8) is 0 Å². The zero-order valence-electron chi connectivity index (χ0n) is 13.8. The molecular formula is C18H20BrN3O2. The number of amides is 2. The summed E-state index contributed by atoms with van der Waals surface area (Å²) in [6.07, 6.45) is 3.65. The summed E-state index contributed by atoms with van der Waals surface area (Å²) in [6.45, 7) is 4.26. The topological polar surface area (TPSA) is 62.3 Å². The van der Waals surface area contributed by atoms with E-state index in [0.717, 1.165) is 21.3 Å². The minimum atomic E-state index is -0.101. The Morgan fingerprint density at radius 1 is 1.29 bits per heavy atom. The summed E-state index contributed by atoms with van der Waals surface area (Å²) in [4.78, 5) is 29.5. The van der Waals surface area contributed by atoms with Gasteiger partial charge < -0.3 is 10.2 Å². The first kappa shape index (κ1) is 18.1. The van der Waals surface area contributed by atoms with Crippen molar-refractivity contribution in [1.29, 1.82) is 0 Å². The summed E-state index contributed by atoms with van der Waals surface area (Å²) in [5.74, 6) is -0.193. The van der Waals surface area contributed by atoms with Gasteiger partial charge in [0.25, 0.3) is 0 Å². The van der Waals surface area contributed by atoms with Crippen LogP contribution in [-0.4, -0.2) is 23.3 Å². The number of anilines is 1. The second-order valence-electron chi connectivity index (χ2n) is 5.49. The highest BCUT2D eigenvalue weighted by Crippen LogP contribution is 2.24. The number of pyridine rings is 1. The molecule has 24 heavy (non-hydrogen) atoms. The van der Waals surface area contributed by atoms with E-state index in [1.807, 2.05) is 37.3 Å². The molecule has 5 nitrogen and oxygen atoms in total. The number of benzene rings is 1. The van der Waals surface area contributed by atoms with Gasteiger partial charge in [-0.1, -0.05) is 28.1 Å². The van der Waals surface area contributed by atoms with Crippen molar-refractivity contribution in [2.75, 3.05) is 11.4 Å². The van der Waals surface area contributed by atoms with Gasteiger partial charge in [-0.3, -0.25) is 14.6 Å². The molecule has 0 atom stereocenters. The molecule has 0 fully saturated rings. The molecule has 0 unspecified atom stereocenters. The van der Waals surface area contributed by atoms with E-state index >= 15 is 0 Å². The van der Waals surface area contributed by atoms with E-state index in [1.54, 1.807) is 17.3 Å². The third-order valence-corrected chi connectivity index (χ3v) is 4.48. The van der Waals surface area contributed by atoms with Crippen molar-refractivity contribution in [2.45, 2.75) is 26.8 Å². The maximum atomic E-state index is 12.0. The maximum Gasteiger partial charge on any atom is 0.223 e. The molecule has 2 rings (SSSR count). The number of carbonyl (C=O) groups excluding carboxylic acids is 2. The lowest BCUT2D eigenvalue weighted by atomic mass is 10.2. The Labute approximate surface area is 150 Å². The Bertz CT molecular complexity index is 719. The van der Waals surface area contributed by atoms with Crippen molar-refractivity contribution >= 4 is 33.4 Å². The molecule has 2 aromatic rings. The molecule has 1 N–H and O–H groups in total. The predicted molar refractivity (Wildman–Crippen MR) is 97.6 cm³/mol. The number of halogens is 1. The average molecular weight is 390 g/mol. The lowest BCUT2D eigenvalue weighted by Crippen LogP contribution is -2.33. The van der Waals surface area contributed by atoms with Crippen molar-refractivity contribution < 1.29 is 9.59 Å². The van der Waals surface area contributed by atoms with Gasteiger partial charge >= 0.3 is 0 Å². The molecule has 0 spiro atoms. The summed E-state index contributed by atoms with van der Waals surface area (Å²) in [5, 5.41) is 2.84. The molecule has 0 saturated heterocycles. The van der Waals surface area contributed by atoms with Crippen LogP contribution in [0.5, 0.6) is 0 Å². The first-order valence-corrected chi connectivity index (χ1v) is 8.46. The van der Waals surface area contributed by atoms with E-state index in [2.05, 4.69) is 26.2 Å². The Morgan fingerprint density at radius 2 is 2.08 bits per heavy atom. The van der Waals surface area contributed by atoms with Crippen molar-refractivity contribution in [2.24, 2.45) is 0 Å². The van der Waals surface area contributed by atoms with E-state index in [1.165, 1.54) is 6.92 Å². The summed E-state index contributed by atoms with van der Waals surface area (Å²) < 4.78 is 0.937. The highest BCUT2D eigenvalue weighted by molar-refractivity contribution is 9.10. The number of hydrogen-bond acceptors (Lipinski definition) is 3. The molecule has 1 aromatic heterocycles. The monoisotopic (exact) mass is 389 g/mol. The van der Waals surface area contributed by atoms with Crippen LogP contribution in [0.15, 0.2) is 47.2 Å². The Morgan fingerprint density at radius 3 is 2.71 bits per heavy atom. The van der Waals surface area contributed by atoms with E-state index in [0.29, 0.717) is 13.1 Å². The highest BCUT2D eigenvalue weighted by Gasteiger charge is 2.14. The van der Waals surface area contributed by atoms with E-state index in [9.17, 15) is 9.59 Å². The quantitative estimate of drug-likeness (QED) is 0.824. The largest absolute Gasteiger partial charge is 0.352 e. The fraction of sp³-hybridized carbons (Fsp3) is 0.278. The van der Waals surface area contributed by atoms with Crippen LogP contribution in [0.4, 0.5) is 5.69 Å². The van der Waals surface area contributed by atoms with Crippen LogP contribution in [0.3, 0.4) is 0 Å². The van der Waals surface area contributed by atoms with Gasteiger partial charge in [0.15, 0.2) is 0 Å². The molecule has 2 amide bonds. The molecule has 126 valence electrons. The summed E-state index contributed by atoms with van der Waals surface area (Å²) in [6, 6.07) is 9.45. The number of rotatable bonds is 6. The molecule has 1 heterocycles. The van der Waals surface area contributed by atoms with E-state index in [-0.39, 0.29) is 18.2 Å². The minimum absolute atomic E-state index is 0.0918. The number of aromatic nitrogens is 1. The van der Waals surface area contributed by atoms with Crippen LogP contribution in [0, 0.1) is 6.92 Å². The van der Waals surface area contributed by atoms with Gasteiger partial charge in [0.1, 0.15) is 0 Å². The van der Waals surface area contributed by atoms with Gasteiger partial charge in [-0.25, -0.2) is 0 Å². The third kappa shape index (κ3) is 5.16. The predicted octanol–water partition coefficient (Wildman–Crippen LogP) is 3.21. The molecule has 0 radical (unpaired) electrons. The Hall–Kier alpha value is -2.21. The van der Waals surface area contributed by atoms with Crippen molar-refractivity contribution in [3.05, 3.63) is 58.3 Å². The van der Waals surface area contributed by atoms with Crippen LogP contribution >= 0.6 is 15.9 Å². The summed E-state index contributed by atoms with van der Waals surface area (Å²) in [5.41, 5.74) is 2.81. The number of hydrogen-bond donors (Lipinski definition) is 1. The van der Waals surface area contributed by atoms with Gasteiger partial charge in [-0.15, -0.1) is 0 Å². The fourth-order valence-electron chi connectivity index (χ4n) is 2.22. The third-order valence-electron chi connectivity index (χ3n) is 3.62.